The van der Waals surface area contributed by atoms with E-state index in [4.69, 9.17) is 4.74 Å². The highest BCUT2D eigenvalue weighted by Gasteiger charge is 2.09. The summed E-state index contributed by atoms with van der Waals surface area (Å²) in [4.78, 5) is 4.62. The van der Waals surface area contributed by atoms with Crippen molar-refractivity contribution in [1.82, 2.24) is 4.98 Å². The predicted molar refractivity (Wildman–Crippen MR) is 103 cm³/mol. The van der Waals surface area contributed by atoms with Gasteiger partial charge in [0, 0.05) is 10.9 Å². The molecule has 1 aromatic heterocycles. The predicted octanol–water partition coefficient (Wildman–Crippen LogP) is 5.66. The van der Waals surface area contributed by atoms with E-state index < -0.39 is 0 Å². The molecule has 3 nitrogen and oxygen atoms in total. The van der Waals surface area contributed by atoms with E-state index in [1.807, 2.05) is 79.9 Å². The molecule has 0 saturated carbocycles. The van der Waals surface area contributed by atoms with Gasteiger partial charge in [-0.05, 0) is 37.6 Å². The van der Waals surface area contributed by atoms with Crippen LogP contribution in [0, 0.1) is 11.3 Å². The third-order valence-corrected chi connectivity index (χ3v) is 4.34. The first-order chi connectivity index (χ1) is 12.2. The molecule has 0 N–H and O–H groups in total. The quantitative estimate of drug-likeness (QED) is 0.560. The molecular formula is C21H18N2OS. The third kappa shape index (κ3) is 4.34. The van der Waals surface area contributed by atoms with Crippen LogP contribution < -0.4 is 4.74 Å². The van der Waals surface area contributed by atoms with Crippen LogP contribution in [-0.4, -0.2) is 11.1 Å². The Morgan fingerprint density at radius 2 is 1.96 bits per heavy atom. The van der Waals surface area contributed by atoms with E-state index >= 15 is 0 Å². The molecule has 0 aliphatic carbocycles. The molecule has 25 heavy (non-hydrogen) atoms. The minimum absolute atomic E-state index is 0.113. The van der Waals surface area contributed by atoms with Gasteiger partial charge in [0.1, 0.15) is 16.8 Å². The molecule has 3 aromatic rings. The molecule has 1 heterocycles. The fourth-order valence-electron chi connectivity index (χ4n) is 2.40. The summed E-state index contributed by atoms with van der Waals surface area (Å²) in [5.41, 5.74) is 3.41. The number of hydrogen-bond acceptors (Lipinski definition) is 4. The maximum Gasteiger partial charge on any atom is 0.134 e. The molecule has 0 fully saturated rings. The second-order valence-corrected chi connectivity index (χ2v) is 6.67. The average Bonchev–Trinajstić information content (AvgIpc) is 3.10. The SMILES string of the molecule is CC(C)Oc1cccc(/C=C(/C#N)c2nc(-c3ccccc3)cs2)c1. The Morgan fingerprint density at radius 1 is 1.16 bits per heavy atom. The van der Waals surface area contributed by atoms with Gasteiger partial charge in [-0.25, -0.2) is 4.98 Å². The number of allylic oxidation sites excluding steroid dienone is 1. The summed E-state index contributed by atoms with van der Waals surface area (Å²) in [6.07, 6.45) is 1.96. The molecule has 0 unspecified atom stereocenters. The number of hydrogen-bond donors (Lipinski definition) is 0. The van der Waals surface area contributed by atoms with E-state index in [9.17, 15) is 5.26 Å². The van der Waals surface area contributed by atoms with Crippen LogP contribution in [0.5, 0.6) is 5.75 Å². The zero-order valence-corrected chi connectivity index (χ0v) is 15.0. The van der Waals surface area contributed by atoms with E-state index in [1.54, 1.807) is 0 Å². The minimum atomic E-state index is 0.113. The van der Waals surface area contributed by atoms with Crippen molar-refractivity contribution in [3.05, 3.63) is 70.5 Å². The Bertz CT molecular complexity index is 920. The van der Waals surface area contributed by atoms with Crippen molar-refractivity contribution in [2.75, 3.05) is 0 Å². The lowest BCUT2D eigenvalue weighted by molar-refractivity contribution is 0.242. The Kier molecular flexibility index (Phi) is 5.27. The van der Waals surface area contributed by atoms with E-state index in [0.717, 1.165) is 27.6 Å². The number of nitriles is 1. The Hall–Kier alpha value is -2.90. The number of rotatable bonds is 5. The summed E-state index contributed by atoms with van der Waals surface area (Å²) in [7, 11) is 0. The van der Waals surface area contributed by atoms with Crippen LogP contribution in [0.1, 0.15) is 24.4 Å². The van der Waals surface area contributed by atoms with Crippen molar-refractivity contribution < 1.29 is 4.74 Å². The first-order valence-corrected chi connectivity index (χ1v) is 8.93. The molecule has 0 atom stereocenters. The van der Waals surface area contributed by atoms with Crippen LogP contribution in [0.2, 0.25) is 0 Å². The molecule has 2 aromatic carbocycles. The highest BCUT2D eigenvalue weighted by Crippen LogP contribution is 2.27. The fraction of sp³-hybridized carbons (Fsp3) is 0.143. The standard InChI is InChI=1S/C21H18N2OS/c1-15(2)24-19-10-6-7-16(12-19)11-18(13-22)21-23-20(14-25-21)17-8-4-3-5-9-17/h3-12,14-15H,1-2H3/b18-11-. The fourth-order valence-corrected chi connectivity index (χ4v) is 3.19. The lowest BCUT2D eigenvalue weighted by atomic mass is 10.1. The maximum atomic E-state index is 9.55. The van der Waals surface area contributed by atoms with E-state index in [1.165, 1.54) is 11.3 Å². The molecular weight excluding hydrogens is 328 g/mol. The summed E-state index contributed by atoms with van der Waals surface area (Å²) in [6.45, 7) is 3.98. The van der Waals surface area contributed by atoms with Gasteiger partial charge in [0.25, 0.3) is 0 Å². The zero-order valence-electron chi connectivity index (χ0n) is 14.1. The number of nitrogens with zero attached hydrogens (tertiary/aromatic N) is 2. The van der Waals surface area contributed by atoms with Crippen molar-refractivity contribution in [3.8, 4) is 23.1 Å². The molecule has 0 aliphatic heterocycles. The van der Waals surface area contributed by atoms with E-state index in [-0.39, 0.29) is 6.10 Å². The number of benzene rings is 2. The highest BCUT2D eigenvalue weighted by molar-refractivity contribution is 7.11. The lowest BCUT2D eigenvalue weighted by Crippen LogP contribution is -2.05. The molecule has 0 aliphatic rings. The number of thiazole rings is 1. The second kappa shape index (κ2) is 7.78. The topological polar surface area (TPSA) is 45.9 Å². The molecule has 3 rings (SSSR count). The van der Waals surface area contributed by atoms with Crippen molar-refractivity contribution >= 4 is 23.0 Å². The Balaban J connectivity index is 1.89. The largest absolute Gasteiger partial charge is 0.491 e. The normalized spacial score (nSPS) is 11.4. The Morgan fingerprint density at radius 3 is 2.68 bits per heavy atom. The van der Waals surface area contributed by atoms with Crippen LogP contribution in [-0.2, 0) is 0 Å². The summed E-state index contributed by atoms with van der Waals surface area (Å²) in [6, 6.07) is 20.0. The molecule has 0 spiro atoms. The molecule has 4 heteroatoms. The molecule has 0 radical (unpaired) electrons. The van der Waals surface area contributed by atoms with Crippen LogP contribution in [0.25, 0.3) is 22.9 Å². The Labute approximate surface area is 151 Å². The monoisotopic (exact) mass is 346 g/mol. The number of ether oxygens (including phenoxy) is 1. The second-order valence-electron chi connectivity index (χ2n) is 5.81. The van der Waals surface area contributed by atoms with Crippen LogP contribution in [0.15, 0.2) is 60.0 Å². The van der Waals surface area contributed by atoms with Gasteiger partial charge in [0.15, 0.2) is 0 Å². The smallest absolute Gasteiger partial charge is 0.134 e. The van der Waals surface area contributed by atoms with Gasteiger partial charge in [-0.1, -0.05) is 42.5 Å². The molecule has 0 bridgehead atoms. The van der Waals surface area contributed by atoms with Crippen LogP contribution in [0.3, 0.4) is 0 Å². The summed E-state index contributed by atoms with van der Waals surface area (Å²) in [5, 5.41) is 12.3. The summed E-state index contributed by atoms with van der Waals surface area (Å²) >= 11 is 1.48. The number of aromatic nitrogens is 1. The van der Waals surface area contributed by atoms with Gasteiger partial charge in [-0.15, -0.1) is 11.3 Å². The summed E-state index contributed by atoms with van der Waals surface area (Å²) < 4.78 is 5.71. The van der Waals surface area contributed by atoms with E-state index in [0.29, 0.717) is 5.57 Å². The van der Waals surface area contributed by atoms with E-state index in [2.05, 4.69) is 11.1 Å². The van der Waals surface area contributed by atoms with Crippen molar-refractivity contribution in [2.45, 2.75) is 20.0 Å². The lowest BCUT2D eigenvalue weighted by Gasteiger charge is -2.09. The maximum absolute atomic E-state index is 9.55. The van der Waals surface area contributed by atoms with Gasteiger partial charge >= 0.3 is 0 Å². The average molecular weight is 346 g/mol. The van der Waals surface area contributed by atoms with Crippen LogP contribution in [0.4, 0.5) is 0 Å². The first kappa shape index (κ1) is 16.9. The molecule has 0 amide bonds. The van der Waals surface area contributed by atoms with Gasteiger partial charge < -0.3 is 4.74 Å². The van der Waals surface area contributed by atoms with Gasteiger partial charge in [0.2, 0.25) is 0 Å². The van der Waals surface area contributed by atoms with Gasteiger partial charge in [0.05, 0.1) is 17.4 Å². The van der Waals surface area contributed by atoms with Gasteiger partial charge in [-0.3, -0.25) is 0 Å². The van der Waals surface area contributed by atoms with Crippen molar-refractivity contribution in [1.29, 1.82) is 5.26 Å². The van der Waals surface area contributed by atoms with Crippen LogP contribution >= 0.6 is 11.3 Å². The molecule has 124 valence electrons. The summed E-state index contributed by atoms with van der Waals surface area (Å²) in [5.74, 6) is 0.796. The zero-order chi connectivity index (χ0) is 17.6. The highest BCUT2D eigenvalue weighted by atomic mass is 32.1. The third-order valence-electron chi connectivity index (χ3n) is 3.47. The molecule has 0 saturated heterocycles. The van der Waals surface area contributed by atoms with Crippen molar-refractivity contribution in [3.63, 3.8) is 0 Å². The minimum Gasteiger partial charge on any atom is -0.491 e. The van der Waals surface area contributed by atoms with Gasteiger partial charge in [-0.2, -0.15) is 5.26 Å². The first-order valence-electron chi connectivity index (χ1n) is 8.05. The van der Waals surface area contributed by atoms with Crippen molar-refractivity contribution in [2.24, 2.45) is 0 Å².